The Bertz CT molecular complexity index is 126. The zero-order valence-corrected chi connectivity index (χ0v) is 9.63. The minimum atomic E-state index is -0.378. The summed E-state index contributed by atoms with van der Waals surface area (Å²) in [6.45, 7) is 8.26. The molecule has 2 heteroatoms. The van der Waals surface area contributed by atoms with Gasteiger partial charge in [-0.2, -0.15) is 0 Å². The van der Waals surface area contributed by atoms with E-state index in [1.165, 1.54) is 0 Å². The Morgan fingerprint density at radius 1 is 1.23 bits per heavy atom. The molecule has 2 atom stereocenters. The summed E-state index contributed by atoms with van der Waals surface area (Å²) in [5, 5.41) is 10.1. The zero-order chi connectivity index (χ0) is 10.5. The minimum absolute atomic E-state index is 0.350. The maximum atomic E-state index is 10.1. The van der Waals surface area contributed by atoms with Crippen molar-refractivity contribution in [3.63, 3.8) is 0 Å². The van der Waals surface area contributed by atoms with Gasteiger partial charge < -0.3 is 9.84 Å². The van der Waals surface area contributed by atoms with Crippen molar-refractivity contribution in [2.45, 2.75) is 58.7 Å². The molecule has 0 radical (unpaired) electrons. The van der Waals surface area contributed by atoms with Crippen molar-refractivity contribution in [2.24, 2.45) is 5.92 Å². The van der Waals surface area contributed by atoms with E-state index in [2.05, 4.69) is 20.8 Å². The summed E-state index contributed by atoms with van der Waals surface area (Å²) < 4.78 is 5.38. The third kappa shape index (κ3) is 2.96. The maximum Gasteiger partial charge on any atom is 0.0908 e. The largest absolute Gasteiger partial charge is 0.390 e. The zero-order valence-electron chi connectivity index (χ0n) is 9.63. The van der Waals surface area contributed by atoms with Gasteiger partial charge in [-0.25, -0.2) is 0 Å². The van der Waals surface area contributed by atoms with Gasteiger partial charge in [-0.3, -0.25) is 0 Å². The van der Waals surface area contributed by atoms with E-state index >= 15 is 0 Å². The van der Waals surface area contributed by atoms with Gasteiger partial charge in [0.25, 0.3) is 0 Å². The molecule has 2 unspecified atom stereocenters. The van der Waals surface area contributed by atoms with E-state index in [9.17, 15) is 5.11 Å². The van der Waals surface area contributed by atoms with Crippen molar-refractivity contribution in [1.29, 1.82) is 0 Å². The second kappa shape index (κ2) is 5.61. The fourth-order valence-electron chi connectivity index (χ4n) is 1.71. The quantitative estimate of drug-likeness (QED) is 0.694. The first kappa shape index (κ1) is 12.9. The van der Waals surface area contributed by atoms with E-state index in [4.69, 9.17) is 4.74 Å². The van der Waals surface area contributed by atoms with Crippen molar-refractivity contribution in [1.82, 2.24) is 0 Å². The van der Waals surface area contributed by atoms with Gasteiger partial charge in [-0.1, -0.05) is 33.6 Å². The van der Waals surface area contributed by atoms with Crippen LogP contribution in [0.15, 0.2) is 0 Å². The average Bonchev–Trinajstić information content (AvgIpc) is 2.18. The lowest BCUT2D eigenvalue weighted by Crippen LogP contribution is -2.45. The van der Waals surface area contributed by atoms with E-state index < -0.39 is 0 Å². The van der Waals surface area contributed by atoms with Crippen LogP contribution in [0.1, 0.15) is 47.0 Å². The highest BCUT2D eigenvalue weighted by atomic mass is 16.5. The molecule has 0 aliphatic carbocycles. The Labute approximate surface area is 82.3 Å². The van der Waals surface area contributed by atoms with Gasteiger partial charge in [-0.15, -0.1) is 0 Å². The van der Waals surface area contributed by atoms with Gasteiger partial charge >= 0.3 is 0 Å². The van der Waals surface area contributed by atoms with Gasteiger partial charge in [0.15, 0.2) is 0 Å². The molecule has 0 spiro atoms. The molecule has 0 fully saturated rings. The fourth-order valence-corrected chi connectivity index (χ4v) is 1.71. The van der Waals surface area contributed by atoms with Crippen LogP contribution in [-0.4, -0.2) is 23.9 Å². The summed E-state index contributed by atoms with van der Waals surface area (Å²) in [7, 11) is 1.68. The van der Waals surface area contributed by atoms with Gasteiger partial charge in [0.1, 0.15) is 0 Å². The topological polar surface area (TPSA) is 29.5 Å². The van der Waals surface area contributed by atoms with E-state index in [-0.39, 0.29) is 11.7 Å². The van der Waals surface area contributed by atoms with Crippen LogP contribution in [0.25, 0.3) is 0 Å². The molecule has 0 saturated carbocycles. The Kier molecular flexibility index (Phi) is 5.57. The molecule has 1 N–H and O–H groups in total. The van der Waals surface area contributed by atoms with Crippen molar-refractivity contribution in [3.05, 3.63) is 0 Å². The van der Waals surface area contributed by atoms with Gasteiger partial charge in [-0.05, 0) is 19.3 Å². The first-order chi connectivity index (χ1) is 6.05. The van der Waals surface area contributed by atoms with Crippen LogP contribution in [0.3, 0.4) is 0 Å². The second-order valence-corrected chi connectivity index (χ2v) is 3.89. The highest BCUT2D eigenvalue weighted by Crippen LogP contribution is 2.28. The number of hydrogen-bond acceptors (Lipinski definition) is 2. The molecule has 0 bridgehead atoms. The first-order valence-electron chi connectivity index (χ1n) is 5.28. The van der Waals surface area contributed by atoms with Crippen LogP contribution in [0.5, 0.6) is 0 Å². The third-order valence-corrected chi connectivity index (χ3v) is 3.29. The summed E-state index contributed by atoms with van der Waals surface area (Å²) in [5.41, 5.74) is -0.378. The van der Waals surface area contributed by atoms with Crippen molar-refractivity contribution < 1.29 is 9.84 Å². The third-order valence-electron chi connectivity index (χ3n) is 3.29. The van der Waals surface area contributed by atoms with E-state index in [1.807, 2.05) is 6.92 Å². The average molecular weight is 188 g/mol. The second-order valence-electron chi connectivity index (χ2n) is 3.89. The normalized spacial score (nSPS) is 18.7. The van der Waals surface area contributed by atoms with Crippen LogP contribution in [-0.2, 0) is 4.74 Å². The molecular weight excluding hydrogens is 164 g/mol. The van der Waals surface area contributed by atoms with Crippen LogP contribution in [0.4, 0.5) is 0 Å². The number of aliphatic hydroxyl groups is 1. The van der Waals surface area contributed by atoms with Gasteiger partial charge in [0.05, 0.1) is 11.7 Å². The lowest BCUT2D eigenvalue weighted by molar-refractivity contribution is -0.116. The maximum absolute atomic E-state index is 10.1. The van der Waals surface area contributed by atoms with Crippen LogP contribution in [0, 0.1) is 5.92 Å². The molecule has 0 aromatic carbocycles. The standard InChI is InChI=1S/C11H24O2/c1-6-9(7-2)10(12)11(4,8-3)13-5/h9-10,12H,6-8H2,1-5H3. The Morgan fingerprint density at radius 3 is 1.92 bits per heavy atom. The molecule has 80 valence electrons. The SMILES string of the molecule is CCC(CC)C(O)C(C)(CC)OC. The van der Waals surface area contributed by atoms with E-state index in [0.717, 1.165) is 19.3 Å². The Morgan fingerprint density at radius 2 is 1.69 bits per heavy atom. The molecule has 0 rings (SSSR count). The Balaban J connectivity index is 4.42. The molecular formula is C11H24O2. The van der Waals surface area contributed by atoms with Crippen molar-refractivity contribution in [2.75, 3.05) is 7.11 Å². The molecule has 0 heterocycles. The number of hydrogen-bond donors (Lipinski definition) is 1. The highest BCUT2D eigenvalue weighted by Gasteiger charge is 2.35. The number of aliphatic hydroxyl groups excluding tert-OH is 1. The van der Waals surface area contributed by atoms with Crippen LogP contribution < -0.4 is 0 Å². The summed E-state index contributed by atoms with van der Waals surface area (Å²) in [4.78, 5) is 0. The van der Waals surface area contributed by atoms with E-state index in [1.54, 1.807) is 7.11 Å². The molecule has 2 nitrogen and oxygen atoms in total. The minimum Gasteiger partial charge on any atom is -0.390 e. The van der Waals surface area contributed by atoms with E-state index in [0.29, 0.717) is 5.92 Å². The molecule has 13 heavy (non-hydrogen) atoms. The summed E-state index contributed by atoms with van der Waals surface area (Å²) in [5.74, 6) is 0.352. The summed E-state index contributed by atoms with van der Waals surface area (Å²) in [6, 6.07) is 0. The number of rotatable bonds is 6. The van der Waals surface area contributed by atoms with Gasteiger partial charge in [0, 0.05) is 7.11 Å². The number of ether oxygens (including phenoxy) is 1. The first-order valence-corrected chi connectivity index (χ1v) is 5.28. The lowest BCUT2D eigenvalue weighted by Gasteiger charge is -2.36. The molecule has 0 aliphatic heterocycles. The smallest absolute Gasteiger partial charge is 0.0908 e. The number of methoxy groups -OCH3 is 1. The highest BCUT2D eigenvalue weighted by molar-refractivity contribution is 4.86. The summed E-state index contributed by atoms with van der Waals surface area (Å²) >= 11 is 0. The van der Waals surface area contributed by atoms with Crippen molar-refractivity contribution >= 4 is 0 Å². The molecule has 0 aromatic heterocycles. The van der Waals surface area contributed by atoms with Gasteiger partial charge in [0.2, 0.25) is 0 Å². The molecule has 0 aromatic rings. The lowest BCUT2D eigenvalue weighted by atomic mass is 9.83. The predicted molar refractivity (Wildman–Crippen MR) is 55.8 cm³/mol. The summed E-state index contributed by atoms with van der Waals surface area (Å²) in [6.07, 6.45) is 2.52. The van der Waals surface area contributed by atoms with Crippen molar-refractivity contribution in [3.8, 4) is 0 Å². The molecule has 0 saturated heterocycles. The molecule has 0 amide bonds. The monoisotopic (exact) mass is 188 g/mol. The predicted octanol–water partition coefficient (Wildman–Crippen LogP) is 2.60. The van der Waals surface area contributed by atoms with Crippen LogP contribution in [0.2, 0.25) is 0 Å². The Hall–Kier alpha value is -0.0800. The molecule has 0 aliphatic rings. The van der Waals surface area contributed by atoms with Crippen LogP contribution >= 0.6 is 0 Å². The fraction of sp³-hybridized carbons (Fsp3) is 1.00.